The lowest BCUT2D eigenvalue weighted by Crippen LogP contribution is -2.08. The minimum Gasteiger partial charge on any atom is -0.495 e. The van der Waals surface area contributed by atoms with Gasteiger partial charge in [0, 0.05) is 11.8 Å². The molecule has 1 aromatic heterocycles. The molecule has 0 atom stereocenters. The number of halogens is 1. The Kier molecular flexibility index (Phi) is 6.28. The summed E-state index contributed by atoms with van der Waals surface area (Å²) < 4.78 is 48.0. The van der Waals surface area contributed by atoms with Crippen LogP contribution in [0.15, 0.2) is 76.7 Å². The van der Waals surface area contributed by atoms with Gasteiger partial charge < -0.3 is 4.74 Å². The SMILES string of the molecule is COc1ccc(-c2cc(-c3c(C)cc(C)cc3C)ccn2)c(F)c1S(=O)(=O)c1ccc(C)cc1. The monoisotopic (exact) mass is 475 g/mol. The van der Waals surface area contributed by atoms with Gasteiger partial charge in [-0.05, 0) is 86.3 Å². The predicted octanol–water partition coefficient (Wildman–Crippen LogP) is 6.63. The van der Waals surface area contributed by atoms with Crippen LogP contribution in [0.5, 0.6) is 5.75 Å². The number of nitrogens with zero attached hydrogens (tertiary/aromatic N) is 1. The van der Waals surface area contributed by atoms with E-state index in [1.54, 1.807) is 24.4 Å². The molecule has 174 valence electrons. The Hall–Kier alpha value is -3.51. The van der Waals surface area contributed by atoms with Crippen molar-refractivity contribution in [2.24, 2.45) is 0 Å². The number of rotatable bonds is 5. The second-order valence-electron chi connectivity index (χ2n) is 8.48. The van der Waals surface area contributed by atoms with Crippen LogP contribution in [0.3, 0.4) is 0 Å². The fourth-order valence-corrected chi connectivity index (χ4v) is 5.84. The molecular weight excluding hydrogens is 449 g/mol. The highest BCUT2D eigenvalue weighted by molar-refractivity contribution is 7.91. The van der Waals surface area contributed by atoms with Crippen LogP contribution in [0.25, 0.3) is 22.4 Å². The van der Waals surface area contributed by atoms with Crippen molar-refractivity contribution in [3.8, 4) is 28.1 Å². The maximum atomic E-state index is 15.9. The zero-order chi connectivity index (χ0) is 24.6. The van der Waals surface area contributed by atoms with E-state index >= 15 is 4.39 Å². The van der Waals surface area contributed by atoms with Gasteiger partial charge in [0.05, 0.1) is 17.7 Å². The van der Waals surface area contributed by atoms with Crippen LogP contribution in [0.4, 0.5) is 4.39 Å². The summed E-state index contributed by atoms with van der Waals surface area (Å²) in [7, 11) is -2.84. The summed E-state index contributed by atoms with van der Waals surface area (Å²) in [6.45, 7) is 7.98. The molecule has 0 N–H and O–H groups in total. The van der Waals surface area contributed by atoms with Gasteiger partial charge in [-0.2, -0.15) is 0 Å². The molecule has 0 aliphatic rings. The normalized spacial score (nSPS) is 11.5. The molecule has 34 heavy (non-hydrogen) atoms. The van der Waals surface area contributed by atoms with E-state index in [0.29, 0.717) is 5.69 Å². The number of hydrogen-bond donors (Lipinski definition) is 0. The van der Waals surface area contributed by atoms with Crippen LogP contribution >= 0.6 is 0 Å². The minimum atomic E-state index is -4.17. The first-order valence-corrected chi connectivity index (χ1v) is 12.3. The number of sulfone groups is 1. The number of pyridine rings is 1. The third-order valence-electron chi connectivity index (χ3n) is 5.88. The standard InChI is InChI=1S/C28H26FNO3S/c1-17-6-8-22(9-7-17)34(31,32)28-25(33-5)11-10-23(27(28)29)24-16-21(12-13-30-24)26-19(3)14-18(2)15-20(26)4/h6-16H,1-5H3. The number of methoxy groups -OCH3 is 1. The van der Waals surface area contributed by atoms with Crippen LogP contribution in [-0.4, -0.2) is 20.5 Å². The fourth-order valence-electron chi connectivity index (χ4n) is 4.35. The lowest BCUT2D eigenvalue weighted by atomic mass is 9.93. The lowest BCUT2D eigenvalue weighted by molar-refractivity contribution is 0.395. The molecule has 0 spiro atoms. The molecule has 4 rings (SSSR count). The molecule has 0 amide bonds. The van der Waals surface area contributed by atoms with E-state index in [-0.39, 0.29) is 16.2 Å². The van der Waals surface area contributed by atoms with Crippen LogP contribution < -0.4 is 4.74 Å². The van der Waals surface area contributed by atoms with Gasteiger partial charge in [-0.3, -0.25) is 4.98 Å². The maximum Gasteiger partial charge on any atom is 0.213 e. The van der Waals surface area contributed by atoms with Gasteiger partial charge in [-0.25, -0.2) is 12.8 Å². The van der Waals surface area contributed by atoms with Crippen molar-refractivity contribution in [3.05, 3.63) is 94.9 Å². The Balaban J connectivity index is 1.90. The van der Waals surface area contributed by atoms with E-state index in [1.807, 2.05) is 33.8 Å². The third-order valence-corrected chi connectivity index (χ3v) is 7.69. The van der Waals surface area contributed by atoms with E-state index in [0.717, 1.165) is 27.8 Å². The molecule has 6 heteroatoms. The summed E-state index contributed by atoms with van der Waals surface area (Å²) in [4.78, 5) is 3.87. The summed E-state index contributed by atoms with van der Waals surface area (Å²) in [6, 6.07) is 17.1. The average molecular weight is 476 g/mol. The van der Waals surface area contributed by atoms with Crippen molar-refractivity contribution in [2.45, 2.75) is 37.5 Å². The topological polar surface area (TPSA) is 56.3 Å². The molecule has 0 fully saturated rings. The Morgan fingerprint density at radius 3 is 2.09 bits per heavy atom. The van der Waals surface area contributed by atoms with Crippen molar-refractivity contribution in [3.63, 3.8) is 0 Å². The van der Waals surface area contributed by atoms with Crippen LogP contribution in [-0.2, 0) is 9.84 Å². The molecule has 3 aromatic carbocycles. The Morgan fingerprint density at radius 1 is 0.824 bits per heavy atom. The van der Waals surface area contributed by atoms with E-state index in [4.69, 9.17) is 4.74 Å². The Bertz CT molecular complexity index is 1470. The first kappa shape index (κ1) is 23.6. The van der Waals surface area contributed by atoms with Gasteiger partial charge in [0.2, 0.25) is 9.84 Å². The van der Waals surface area contributed by atoms with Crippen molar-refractivity contribution in [1.29, 1.82) is 0 Å². The number of hydrogen-bond acceptors (Lipinski definition) is 4. The summed E-state index contributed by atoms with van der Waals surface area (Å²) in [5, 5.41) is 0. The van der Waals surface area contributed by atoms with Gasteiger partial charge in [-0.1, -0.05) is 35.4 Å². The van der Waals surface area contributed by atoms with Crippen molar-refractivity contribution < 1.29 is 17.5 Å². The molecule has 4 nitrogen and oxygen atoms in total. The molecule has 0 aliphatic heterocycles. The molecule has 0 bridgehead atoms. The van der Waals surface area contributed by atoms with Gasteiger partial charge in [0.1, 0.15) is 10.6 Å². The Labute approximate surface area is 200 Å². The second-order valence-corrected chi connectivity index (χ2v) is 10.4. The molecule has 0 saturated heterocycles. The molecular formula is C28H26FNO3S. The first-order valence-electron chi connectivity index (χ1n) is 10.9. The summed E-state index contributed by atoms with van der Waals surface area (Å²) in [5.41, 5.74) is 6.66. The highest BCUT2D eigenvalue weighted by Crippen LogP contribution is 2.38. The summed E-state index contributed by atoms with van der Waals surface area (Å²) in [6.07, 6.45) is 1.61. The number of aromatic nitrogens is 1. The highest BCUT2D eigenvalue weighted by atomic mass is 32.2. The minimum absolute atomic E-state index is 0.0000601. The Morgan fingerprint density at radius 2 is 1.47 bits per heavy atom. The van der Waals surface area contributed by atoms with Crippen molar-refractivity contribution in [1.82, 2.24) is 4.98 Å². The third kappa shape index (κ3) is 4.21. The van der Waals surface area contributed by atoms with E-state index in [1.165, 1.54) is 36.9 Å². The van der Waals surface area contributed by atoms with E-state index in [9.17, 15) is 8.42 Å². The average Bonchev–Trinajstić information content (AvgIpc) is 2.78. The van der Waals surface area contributed by atoms with Crippen LogP contribution in [0, 0.1) is 33.5 Å². The van der Waals surface area contributed by atoms with E-state index < -0.39 is 20.5 Å². The van der Waals surface area contributed by atoms with Gasteiger partial charge in [0.25, 0.3) is 0 Å². The zero-order valence-electron chi connectivity index (χ0n) is 19.8. The number of ether oxygens (including phenoxy) is 1. The molecule has 0 aliphatic carbocycles. The van der Waals surface area contributed by atoms with Gasteiger partial charge in [0.15, 0.2) is 5.82 Å². The molecule has 4 aromatic rings. The van der Waals surface area contributed by atoms with Gasteiger partial charge in [-0.15, -0.1) is 0 Å². The molecule has 1 heterocycles. The lowest BCUT2D eigenvalue weighted by Gasteiger charge is -2.15. The summed E-state index contributed by atoms with van der Waals surface area (Å²) >= 11 is 0. The highest BCUT2D eigenvalue weighted by Gasteiger charge is 2.29. The number of benzene rings is 3. The molecule has 0 radical (unpaired) electrons. The first-order chi connectivity index (χ1) is 16.1. The second kappa shape index (κ2) is 9.03. The predicted molar refractivity (Wildman–Crippen MR) is 132 cm³/mol. The smallest absolute Gasteiger partial charge is 0.213 e. The summed E-state index contributed by atoms with van der Waals surface area (Å²) in [5.74, 6) is -0.940. The maximum absolute atomic E-state index is 15.9. The zero-order valence-corrected chi connectivity index (χ0v) is 20.6. The number of aryl methyl sites for hydroxylation is 4. The fraction of sp³-hybridized carbons (Fsp3) is 0.179. The quantitative estimate of drug-likeness (QED) is 0.325. The van der Waals surface area contributed by atoms with Gasteiger partial charge >= 0.3 is 0 Å². The largest absolute Gasteiger partial charge is 0.495 e. The molecule has 0 unspecified atom stereocenters. The van der Waals surface area contributed by atoms with Crippen molar-refractivity contribution in [2.75, 3.05) is 7.11 Å². The van der Waals surface area contributed by atoms with Crippen LogP contribution in [0.2, 0.25) is 0 Å². The van der Waals surface area contributed by atoms with Crippen molar-refractivity contribution >= 4 is 9.84 Å². The molecule has 0 saturated carbocycles. The van der Waals surface area contributed by atoms with Crippen LogP contribution in [0.1, 0.15) is 22.3 Å². The van der Waals surface area contributed by atoms with E-state index in [2.05, 4.69) is 17.1 Å².